The molecule has 0 N–H and O–H groups in total. The van der Waals surface area contributed by atoms with Gasteiger partial charge in [-0.15, -0.1) is 0 Å². The molecule has 3 nitrogen and oxygen atoms in total. The molecule has 3 heteroatoms. The number of para-hydroxylation sites is 1. The van der Waals surface area contributed by atoms with Crippen LogP contribution in [0.2, 0.25) is 0 Å². The van der Waals surface area contributed by atoms with Gasteiger partial charge in [0.05, 0.1) is 5.92 Å². The van der Waals surface area contributed by atoms with Crippen LogP contribution >= 0.6 is 0 Å². The minimum absolute atomic E-state index is 0.138. The van der Waals surface area contributed by atoms with Gasteiger partial charge >= 0.3 is 0 Å². The van der Waals surface area contributed by atoms with Crippen LogP contribution in [0.1, 0.15) is 27.6 Å². The first kappa shape index (κ1) is 19.6. The van der Waals surface area contributed by atoms with Crippen molar-refractivity contribution in [1.82, 2.24) is 4.98 Å². The van der Waals surface area contributed by atoms with Crippen LogP contribution in [0.4, 0.5) is 0 Å². The molecule has 3 aromatic carbocycles. The molecule has 1 aromatic heterocycles. The summed E-state index contributed by atoms with van der Waals surface area (Å²) in [7, 11) is 0. The molecule has 0 aliphatic carbocycles. The zero-order valence-corrected chi connectivity index (χ0v) is 16.6. The average Bonchev–Trinajstić information content (AvgIpc) is 2.85. The van der Waals surface area contributed by atoms with Crippen molar-refractivity contribution in [2.75, 3.05) is 0 Å². The number of carbonyl (C=O) groups excluding carboxylic acids is 1. The van der Waals surface area contributed by atoms with Crippen molar-refractivity contribution in [2.24, 2.45) is 5.92 Å². The third-order valence-electron chi connectivity index (χ3n) is 5.12. The molecule has 0 bridgehead atoms. The van der Waals surface area contributed by atoms with E-state index < -0.39 is 0 Å². The van der Waals surface area contributed by atoms with E-state index in [1.165, 1.54) is 0 Å². The second-order valence-corrected chi connectivity index (χ2v) is 7.12. The number of Topliss-reactive ketones (excluding diaryl/α,β-unsaturated/α-hetero) is 1. The number of rotatable bonds is 3. The Hall–Kier alpha value is -3.72. The number of benzene rings is 3. The van der Waals surface area contributed by atoms with Gasteiger partial charge < -0.3 is 4.74 Å². The molecule has 0 spiro atoms. The van der Waals surface area contributed by atoms with Gasteiger partial charge in [-0.1, -0.05) is 84.9 Å². The fourth-order valence-corrected chi connectivity index (χ4v) is 3.65. The van der Waals surface area contributed by atoms with E-state index in [2.05, 4.69) is 4.98 Å². The number of hydrogen-bond donors (Lipinski definition) is 0. The van der Waals surface area contributed by atoms with Crippen LogP contribution in [0.5, 0.6) is 5.75 Å². The van der Waals surface area contributed by atoms with Gasteiger partial charge in [0, 0.05) is 18.0 Å². The second kappa shape index (κ2) is 9.66. The molecule has 0 fully saturated rings. The Morgan fingerprint density at radius 2 is 1.33 bits per heavy atom. The summed E-state index contributed by atoms with van der Waals surface area (Å²) in [4.78, 5) is 16.9. The van der Waals surface area contributed by atoms with Crippen LogP contribution in [0.25, 0.3) is 0 Å². The van der Waals surface area contributed by atoms with Crippen LogP contribution in [0.3, 0.4) is 0 Å². The maximum absolute atomic E-state index is 13.1. The Labute approximate surface area is 177 Å². The van der Waals surface area contributed by atoms with E-state index in [0.717, 1.165) is 22.4 Å². The maximum atomic E-state index is 13.1. The van der Waals surface area contributed by atoms with Crippen LogP contribution in [-0.4, -0.2) is 10.8 Å². The summed E-state index contributed by atoms with van der Waals surface area (Å²) >= 11 is 0. The monoisotopic (exact) mass is 393 g/mol. The number of fused-ring (bicyclic) bond motifs is 1. The third-order valence-corrected chi connectivity index (χ3v) is 5.12. The number of ether oxygens (including phenoxy) is 1. The molecule has 0 amide bonds. The highest BCUT2D eigenvalue weighted by Crippen LogP contribution is 2.40. The van der Waals surface area contributed by atoms with Gasteiger partial charge in [-0.2, -0.15) is 0 Å². The summed E-state index contributed by atoms with van der Waals surface area (Å²) in [6, 6.07) is 33.2. The molecule has 5 rings (SSSR count). The number of carbonyl (C=O) groups is 1. The van der Waals surface area contributed by atoms with Gasteiger partial charge in [-0.3, -0.25) is 9.78 Å². The molecule has 30 heavy (non-hydrogen) atoms. The fourth-order valence-electron chi connectivity index (χ4n) is 3.65. The van der Waals surface area contributed by atoms with Crippen LogP contribution < -0.4 is 4.74 Å². The Bertz CT molecular complexity index is 1040. The Kier molecular flexibility index (Phi) is 6.31. The first-order chi connectivity index (χ1) is 14.8. The van der Waals surface area contributed by atoms with Gasteiger partial charge in [0.15, 0.2) is 5.78 Å². The quantitative estimate of drug-likeness (QED) is 0.404. The Morgan fingerprint density at radius 3 is 1.97 bits per heavy atom. The zero-order valence-electron chi connectivity index (χ0n) is 16.6. The normalized spacial score (nSPS) is 16.9. The first-order valence-electron chi connectivity index (χ1n) is 10.1. The first-order valence-corrected chi connectivity index (χ1v) is 10.1. The van der Waals surface area contributed by atoms with Crippen molar-refractivity contribution in [1.29, 1.82) is 0 Å². The van der Waals surface area contributed by atoms with Crippen molar-refractivity contribution in [3.63, 3.8) is 0 Å². The molecule has 2 heterocycles. The fraction of sp³-hybridized carbons (Fsp3) is 0.111. The van der Waals surface area contributed by atoms with Gasteiger partial charge in [0.2, 0.25) is 0 Å². The summed E-state index contributed by atoms with van der Waals surface area (Å²) in [6.45, 7) is 0. The predicted octanol–water partition coefficient (Wildman–Crippen LogP) is 5.94. The van der Waals surface area contributed by atoms with Crippen LogP contribution in [0.15, 0.2) is 116 Å². The number of hydrogen-bond acceptors (Lipinski definition) is 3. The van der Waals surface area contributed by atoms with Gasteiger partial charge in [-0.05, 0) is 35.7 Å². The third kappa shape index (κ3) is 4.64. The van der Waals surface area contributed by atoms with Gasteiger partial charge in [0.25, 0.3) is 0 Å². The predicted molar refractivity (Wildman–Crippen MR) is 118 cm³/mol. The lowest BCUT2D eigenvalue weighted by molar-refractivity contribution is 0.0686. The van der Waals surface area contributed by atoms with Gasteiger partial charge in [-0.25, -0.2) is 0 Å². The van der Waals surface area contributed by atoms with E-state index in [1.54, 1.807) is 12.4 Å². The molecule has 2 atom stereocenters. The van der Waals surface area contributed by atoms with Crippen LogP contribution in [-0.2, 0) is 6.42 Å². The minimum atomic E-state index is -0.256. The van der Waals surface area contributed by atoms with Crippen molar-refractivity contribution in [3.05, 3.63) is 132 Å². The molecule has 0 radical (unpaired) electrons. The van der Waals surface area contributed by atoms with E-state index in [9.17, 15) is 4.79 Å². The lowest BCUT2D eigenvalue weighted by atomic mass is 9.82. The van der Waals surface area contributed by atoms with E-state index in [0.29, 0.717) is 6.42 Å². The average molecular weight is 393 g/mol. The molecule has 148 valence electrons. The smallest absolute Gasteiger partial charge is 0.170 e. The zero-order chi connectivity index (χ0) is 20.6. The molecule has 2 unspecified atom stereocenters. The highest BCUT2D eigenvalue weighted by atomic mass is 16.5. The van der Waals surface area contributed by atoms with E-state index in [4.69, 9.17) is 4.74 Å². The maximum Gasteiger partial charge on any atom is 0.170 e. The summed E-state index contributed by atoms with van der Waals surface area (Å²) in [5.74, 6) is 0.798. The van der Waals surface area contributed by atoms with Crippen molar-refractivity contribution in [2.45, 2.75) is 12.5 Å². The topological polar surface area (TPSA) is 39.2 Å². The number of nitrogens with zero attached hydrogens (tertiary/aromatic N) is 1. The largest absolute Gasteiger partial charge is 0.485 e. The molecular weight excluding hydrogens is 370 g/mol. The lowest BCUT2D eigenvalue weighted by Crippen LogP contribution is -2.32. The number of aromatic nitrogens is 1. The van der Waals surface area contributed by atoms with Crippen molar-refractivity contribution >= 4 is 5.78 Å². The SMILES string of the molecule is O=C(c1ccccc1)C1Cc2ccccc2OC1c1ccccc1.c1ccncc1. The van der Waals surface area contributed by atoms with Crippen LogP contribution in [0, 0.1) is 5.92 Å². The highest BCUT2D eigenvalue weighted by Gasteiger charge is 2.36. The van der Waals surface area contributed by atoms with Gasteiger partial charge in [0.1, 0.15) is 11.9 Å². The highest BCUT2D eigenvalue weighted by molar-refractivity contribution is 5.98. The standard InChI is InChI=1S/C22H18O2.C5H5N/c23-21(16-9-3-1-4-10-16)19-15-18-13-7-8-14-20(18)24-22(19)17-11-5-2-6-12-17;1-2-4-6-5-3-1/h1-14,19,22H,15H2;1-5H. The van der Waals surface area contributed by atoms with Crippen molar-refractivity contribution in [3.8, 4) is 5.75 Å². The molecule has 1 aliphatic heterocycles. The number of ketones is 1. The molecule has 0 saturated heterocycles. The summed E-state index contributed by atoms with van der Waals surface area (Å²) < 4.78 is 6.25. The second-order valence-electron chi connectivity index (χ2n) is 7.12. The minimum Gasteiger partial charge on any atom is -0.485 e. The summed E-state index contributed by atoms with van der Waals surface area (Å²) in [6.07, 6.45) is 3.94. The molecule has 4 aromatic rings. The Morgan fingerprint density at radius 1 is 0.733 bits per heavy atom. The van der Waals surface area contributed by atoms with E-state index >= 15 is 0 Å². The Balaban J connectivity index is 0.000000313. The molecule has 1 aliphatic rings. The van der Waals surface area contributed by atoms with Crippen molar-refractivity contribution < 1.29 is 9.53 Å². The molecule has 0 saturated carbocycles. The van der Waals surface area contributed by atoms with E-state index in [-0.39, 0.29) is 17.8 Å². The summed E-state index contributed by atoms with van der Waals surface area (Å²) in [5.41, 5.74) is 2.88. The molecular formula is C27H23NO2. The number of pyridine rings is 1. The summed E-state index contributed by atoms with van der Waals surface area (Å²) in [5, 5.41) is 0. The lowest BCUT2D eigenvalue weighted by Gasteiger charge is -2.33. The van der Waals surface area contributed by atoms with E-state index in [1.807, 2.05) is 103 Å².